The van der Waals surface area contributed by atoms with E-state index in [1.54, 1.807) is 11.0 Å². The standard InChI is InChI=1S/C22H24F3N3O2/c1-2-17-9-3-4-12-28(17)20(30)14-19(29)18-10-6-11-26-21(18)27-16-8-5-7-15(13-16)22(23,24)25/h5-8,10-11,13,17H,2-4,9,12,14H2,1H3,(H,26,27). The van der Waals surface area contributed by atoms with Crippen LogP contribution in [0.2, 0.25) is 0 Å². The number of piperidine rings is 1. The Kier molecular flexibility index (Phi) is 6.74. The number of benzene rings is 1. The van der Waals surface area contributed by atoms with Crippen molar-refractivity contribution in [3.8, 4) is 0 Å². The summed E-state index contributed by atoms with van der Waals surface area (Å²) in [6.07, 6.45) is 0.444. The van der Waals surface area contributed by atoms with E-state index in [0.29, 0.717) is 6.54 Å². The number of pyridine rings is 1. The number of likely N-dealkylation sites (tertiary alicyclic amines) is 1. The van der Waals surface area contributed by atoms with Crippen molar-refractivity contribution >= 4 is 23.2 Å². The molecular weight excluding hydrogens is 395 g/mol. The van der Waals surface area contributed by atoms with Crippen LogP contribution in [0.4, 0.5) is 24.7 Å². The van der Waals surface area contributed by atoms with Gasteiger partial charge in [0, 0.05) is 24.5 Å². The molecule has 0 bridgehead atoms. The number of hydrogen-bond donors (Lipinski definition) is 1. The largest absolute Gasteiger partial charge is 0.416 e. The molecule has 0 saturated carbocycles. The first-order valence-electron chi connectivity index (χ1n) is 10.0. The van der Waals surface area contributed by atoms with Crippen molar-refractivity contribution in [2.24, 2.45) is 0 Å². The third-order valence-electron chi connectivity index (χ3n) is 5.29. The normalized spacial score (nSPS) is 16.9. The van der Waals surface area contributed by atoms with Crippen molar-refractivity contribution in [2.75, 3.05) is 11.9 Å². The molecule has 8 heteroatoms. The molecule has 1 unspecified atom stereocenters. The van der Waals surface area contributed by atoms with E-state index in [-0.39, 0.29) is 35.4 Å². The molecule has 1 N–H and O–H groups in total. The minimum Gasteiger partial charge on any atom is -0.340 e. The van der Waals surface area contributed by atoms with Crippen LogP contribution in [0.5, 0.6) is 0 Å². The van der Waals surface area contributed by atoms with Gasteiger partial charge in [0.05, 0.1) is 17.5 Å². The van der Waals surface area contributed by atoms with Gasteiger partial charge in [-0.3, -0.25) is 9.59 Å². The lowest BCUT2D eigenvalue weighted by Crippen LogP contribution is -2.44. The topological polar surface area (TPSA) is 62.3 Å². The van der Waals surface area contributed by atoms with E-state index in [1.807, 2.05) is 6.92 Å². The summed E-state index contributed by atoms with van der Waals surface area (Å²) < 4.78 is 38.9. The Bertz CT molecular complexity index is 914. The molecule has 2 aromatic rings. The molecule has 1 fully saturated rings. The number of aromatic nitrogens is 1. The van der Waals surface area contributed by atoms with E-state index >= 15 is 0 Å². The van der Waals surface area contributed by atoms with E-state index in [4.69, 9.17) is 0 Å². The highest BCUT2D eigenvalue weighted by Crippen LogP contribution is 2.31. The fraction of sp³-hybridized carbons (Fsp3) is 0.409. The zero-order chi connectivity index (χ0) is 21.7. The van der Waals surface area contributed by atoms with Gasteiger partial charge in [-0.05, 0) is 56.0 Å². The molecule has 0 radical (unpaired) electrons. The molecule has 1 aliphatic heterocycles. The highest BCUT2D eigenvalue weighted by atomic mass is 19.4. The molecule has 30 heavy (non-hydrogen) atoms. The number of Topliss-reactive ketones (excluding diaryl/α,β-unsaturated/α-hetero) is 1. The van der Waals surface area contributed by atoms with Gasteiger partial charge in [-0.1, -0.05) is 13.0 Å². The van der Waals surface area contributed by atoms with Crippen LogP contribution in [0.15, 0.2) is 42.6 Å². The number of anilines is 2. The summed E-state index contributed by atoms with van der Waals surface area (Å²) in [7, 11) is 0. The number of nitrogens with zero attached hydrogens (tertiary/aromatic N) is 2. The second-order valence-corrected chi connectivity index (χ2v) is 7.35. The molecule has 1 aliphatic rings. The zero-order valence-corrected chi connectivity index (χ0v) is 16.7. The van der Waals surface area contributed by atoms with E-state index in [1.165, 1.54) is 24.4 Å². The number of nitrogens with one attached hydrogen (secondary N) is 1. The summed E-state index contributed by atoms with van der Waals surface area (Å²) >= 11 is 0. The van der Waals surface area contributed by atoms with Gasteiger partial charge in [0.25, 0.3) is 0 Å². The summed E-state index contributed by atoms with van der Waals surface area (Å²) in [5, 5.41) is 2.78. The Balaban J connectivity index is 1.76. The lowest BCUT2D eigenvalue weighted by atomic mass is 9.98. The van der Waals surface area contributed by atoms with Crippen molar-refractivity contribution < 1.29 is 22.8 Å². The fourth-order valence-corrected chi connectivity index (χ4v) is 3.73. The SMILES string of the molecule is CCC1CCCCN1C(=O)CC(=O)c1cccnc1Nc1cccc(C(F)(F)F)c1. The van der Waals surface area contributed by atoms with Crippen molar-refractivity contribution in [1.82, 2.24) is 9.88 Å². The highest BCUT2D eigenvalue weighted by molar-refractivity contribution is 6.10. The number of carbonyl (C=O) groups is 2. The van der Waals surface area contributed by atoms with Crippen LogP contribution in [0.1, 0.15) is 54.9 Å². The maximum absolute atomic E-state index is 13.0. The van der Waals surface area contributed by atoms with Gasteiger partial charge < -0.3 is 10.2 Å². The molecule has 0 spiro atoms. The zero-order valence-electron chi connectivity index (χ0n) is 16.7. The van der Waals surface area contributed by atoms with Gasteiger partial charge in [0.15, 0.2) is 5.78 Å². The average molecular weight is 419 g/mol. The van der Waals surface area contributed by atoms with Gasteiger partial charge in [0.2, 0.25) is 5.91 Å². The molecule has 1 saturated heterocycles. The van der Waals surface area contributed by atoms with E-state index in [9.17, 15) is 22.8 Å². The molecule has 160 valence electrons. The van der Waals surface area contributed by atoms with Crippen molar-refractivity contribution in [3.05, 3.63) is 53.7 Å². The third-order valence-corrected chi connectivity index (χ3v) is 5.29. The molecular formula is C22H24F3N3O2. The molecule has 5 nitrogen and oxygen atoms in total. The summed E-state index contributed by atoms with van der Waals surface area (Å²) in [5.41, 5.74) is -0.471. The third kappa shape index (κ3) is 5.17. The van der Waals surface area contributed by atoms with Gasteiger partial charge in [0.1, 0.15) is 5.82 Å². The first-order chi connectivity index (χ1) is 14.3. The van der Waals surface area contributed by atoms with Crippen molar-refractivity contribution in [3.63, 3.8) is 0 Å². The summed E-state index contributed by atoms with van der Waals surface area (Å²) in [6.45, 7) is 2.67. The number of halogens is 3. The van der Waals surface area contributed by atoms with Crippen LogP contribution in [0, 0.1) is 0 Å². The number of ketones is 1. The summed E-state index contributed by atoms with van der Waals surface area (Å²) in [6, 6.07) is 7.89. The molecule has 2 heterocycles. The lowest BCUT2D eigenvalue weighted by molar-refractivity contribution is -0.137. The predicted octanol–water partition coefficient (Wildman–Crippen LogP) is 5.21. The summed E-state index contributed by atoms with van der Waals surface area (Å²) in [5.74, 6) is -0.510. The molecule has 1 aromatic heterocycles. The summed E-state index contributed by atoms with van der Waals surface area (Å²) in [4.78, 5) is 31.4. The van der Waals surface area contributed by atoms with Crippen LogP contribution in [0.25, 0.3) is 0 Å². The fourth-order valence-electron chi connectivity index (χ4n) is 3.73. The molecule has 1 amide bonds. The Labute approximate surface area is 173 Å². The monoisotopic (exact) mass is 419 g/mol. The first kappa shape index (κ1) is 21.8. The quantitative estimate of drug-likeness (QED) is 0.516. The smallest absolute Gasteiger partial charge is 0.340 e. The Hall–Kier alpha value is -2.90. The number of amides is 1. The Morgan fingerprint density at radius 3 is 2.73 bits per heavy atom. The second kappa shape index (κ2) is 9.28. The highest BCUT2D eigenvalue weighted by Gasteiger charge is 2.31. The molecule has 1 atom stereocenters. The van der Waals surface area contributed by atoms with Crippen molar-refractivity contribution in [2.45, 2.75) is 51.2 Å². The molecule has 1 aromatic carbocycles. The molecule has 3 rings (SSSR count). The maximum atomic E-state index is 13.0. The van der Waals surface area contributed by atoms with Gasteiger partial charge in [-0.25, -0.2) is 4.98 Å². The number of carbonyl (C=O) groups excluding carboxylic acids is 2. The lowest BCUT2D eigenvalue weighted by Gasteiger charge is -2.35. The minimum atomic E-state index is -4.48. The van der Waals surface area contributed by atoms with Crippen LogP contribution < -0.4 is 5.32 Å². The second-order valence-electron chi connectivity index (χ2n) is 7.35. The van der Waals surface area contributed by atoms with Gasteiger partial charge in [-0.2, -0.15) is 13.2 Å². The van der Waals surface area contributed by atoms with Crippen LogP contribution in [-0.4, -0.2) is 34.2 Å². The van der Waals surface area contributed by atoms with Crippen molar-refractivity contribution in [1.29, 1.82) is 0 Å². The average Bonchev–Trinajstić information content (AvgIpc) is 2.73. The Morgan fingerprint density at radius 1 is 1.20 bits per heavy atom. The van der Waals surface area contributed by atoms with Gasteiger partial charge in [-0.15, -0.1) is 0 Å². The predicted molar refractivity (Wildman–Crippen MR) is 108 cm³/mol. The van der Waals surface area contributed by atoms with Crippen LogP contribution in [-0.2, 0) is 11.0 Å². The maximum Gasteiger partial charge on any atom is 0.416 e. The van der Waals surface area contributed by atoms with Gasteiger partial charge >= 0.3 is 6.18 Å². The van der Waals surface area contributed by atoms with E-state index in [0.717, 1.165) is 37.8 Å². The van der Waals surface area contributed by atoms with E-state index in [2.05, 4.69) is 10.3 Å². The van der Waals surface area contributed by atoms with Crippen LogP contribution in [0.3, 0.4) is 0 Å². The number of hydrogen-bond acceptors (Lipinski definition) is 4. The first-order valence-corrected chi connectivity index (χ1v) is 10.0. The number of rotatable bonds is 6. The van der Waals surface area contributed by atoms with Crippen LogP contribution >= 0.6 is 0 Å². The number of alkyl halides is 3. The Morgan fingerprint density at radius 2 is 2.00 bits per heavy atom. The molecule has 0 aliphatic carbocycles. The minimum absolute atomic E-state index is 0.125. The van der Waals surface area contributed by atoms with E-state index < -0.39 is 17.5 Å².